The van der Waals surface area contributed by atoms with Crippen LogP contribution in [0.15, 0.2) is 24.3 Å². The molecule has 2 nitrogen and oxygen atoms in total. The van der Waals surface area contributed by atoms with E-state index in [9.17, 15) is 5.11 Å². The fourth-order valence-corrected chi connectivity index (χ4v) is 2.11. The summed E-state index contributed by atoms with van der Waals surface area (Å²) in [5.41, 5.74) is 1.14. The van der Waals surface area contributed by atoms with Crippen LogP contribution < -0.4 is 5.32 Å². The van der Waals surface area contributed by atoms with Crippen LogP contribution in [0, 0.1) is 5.92 Å². The first kappa shape index (κ1) is 13.0. The maximum absolute atomic E-state index is 9.35. The predicted octanol–water partition coefficient (Wildman–Crippen LogP) is 3.31. The van der Waals surface area contributed by atoms with Crippen LogP contribution >= 0.6 is 0 Å². The predicted molar refractivity (Wildman–Crippen MR) is 68.5 cm³/mol. The molecule has 0 heterocycles. The van der Waals surface area contributed by atoms with Crippen LogP contribution in [0.5, 0.6) is 5.75 Å². The first-order valence-electron chi connectivity index (χ1n) is 6.18. The molecule has 0 radical (unpaired) electrons. The molecule has 1 atom stereocenters. The smallest absolute Gasteiger partial charge is 0.115 e. The zero-order valence-corrected chi connectivity index (χ0v) is 10.5. The average Bonchev–Trinajstić information content (AvgIpc) is 2.28. The Morgan fingerprint density at radius 3 is 2.50 bits per heavy atom. The van der Waals surface area contributed by atoms with Crippen molar-refractivity contribution in [2.45, 2.75) is 46.2 Å². The molecule has 2 N–H and O–H groups in total. The molecule has 0 aliphatic rings. The molecule has 1 aromatic rings. The lowest BCUT2D eigenvalue weighted by Crippen LogP contribution is -2.32. The minimum Gasteiger partial charge on any atom is -0.508 e. The first-order valence-corrected chi connectivity index (χ1v) is 6.18. The van der Waals surface area contributed by atoms with Gasteiger partial charge >= 0.3 is 0 Å². The van der Waals surface area contributed by atoms with Gasteiger partial charge in [-0.3, -0.25) is 0 Å². The largest absolute Gasteiger partial charge is 0.508 e. The molecular weight excluding hydrogens is 198 g/mol. The Kier molecular flexibility index (Phi) is 5.33. The fraction of sp³-hybridized carbons (Fsp3) is 0.571. The van der Waals surface area contributed by atoms with Crippen molar-refractivity contribution in [1.29, 1.82) is 0 Å². The lowest BCUT2D eigenvalue weighted by molar-refractivity contribution is 0.353. The number of rotatable bonds is 6. The second-order valence-electron chi connectivity index (χ2n) is 4.42. The van der Waals surface area contributed by atoms with Crippen LogP contribution in [0.1, 0.15) is 39.2 Å². The van der Waals surface area contributed by atoms with E-state index in [1.54, 1.807) is 6.07 Å². The Morgan fingerprint density at radius 1 is 1.25 bits per heavy atom. The number of benzene rings is 1. The zero-order valence-electron chi connectivity index (χ0n) is 10.5. The van der Waals surface area contributed by atoms with Gasteiger partial charge in [0.25, 0.3) is 0 Å². The van der Waals surface area contributed by atoms with E-state index < -0.39 is 0 Å². The Bertz CT molecular complexity index is 307. The van der Waals surface area contributed by atoms with E-state index in [-0.39, 0.29) is 0 Å². The van der Waals surface area contributed by atoms with Crippen LogP contribution in [0.3, 0.4) is 0 Å². The second kappa shape index (κ2) is 6.54. The minimum atomic E-state index is 0.342. The van der Waals surface area contributed by atoms with Crippen molar-refractivity contribution in [3.63, 3.8) is 0 Å². The summed E-state index contributed by atoms with van der Waals surface area (Å²) in [4.78, 5) is 0. The van der Waals surface area contributed by atoms with Crippen molar-refractivity contribution in [3.8, 4) is 5.75 Å². The molecule has 1 rings (SSSR count). The maximum atomic E-state index is 9.35. The summed E-state index contributed by atoms with van der Waals surface area (Å²) in [5.74, 6) is 1.08. The van der Waals surface area contributed by atoms with Gasteiger partial charge in [-0.05, 0) is 30.5 Å². The third-order valence-corrected chi connectivity index (χ3v) is 3.29. The van der Waals surface area contributed by atoms with E-state index in [0.717, 1.165) is 18.0 Å². The highest BCUT2D eigenvalue weighted by Gasteiger charge is 2.12. The molecule has 0 saturated carbocycles. The summed E-state index contributed by atoms with van der Waals surface area (Å²) >= 11 is 0. The van der Waals surface area contributed by atoms with Crippen LogP contribution in [0.4, 0.5) is 0 Å². The molecular formula is C14H23NO. The summed E-state index contributed by atoms with van der Waals surface area (Å²) in [5, 5.41) is 12.9. The molecule has 90 valence electrons. The van der Waals surface area contributed by atoms with E-state index >= 15 is 0 Å². The highest BCUT2D eigenvalue weighted by Crippen LogP contribution is 2.14. The molecule has 0 aromatic heterocycles. The number of phenols is 1. The van der Waals surface area contributed by atoms with Crippen LogP contribution in [0.25, 0.3) is 0 Å². The number of nitrogens with one attached hydrogen (secondary N) is 1. The van der Waals surface area contributed by atoms with Crippen molar-refractivity contribution < 1.29 is 5.11 Å². The third-order valence-electron chi connectivity index (χ3n) is 3.29. The number of aromatic hydroxyl groups is 1. The number of phenolic OH excluding ortho intramolecular Hbond substituents is 1. The molecule has 0 amide bonds. The van der Waals surface area contributed by atoms with Gasteiger partial charge in [0.15, 0.2) is 0 Å². The van der Waals surface area contributed by atoms with Crippen molar-refractivity contribution in [2.75, 3.05) is 0 Å². The van der Waals surface area contributed by atoms with E-state index in [1.807, 2.05) is 18.2 Å². The minimum absolute atomic E-state index is 0.342. The summed E-state index contributed by atoms with van der Waals surface area (Å²) in [6.45, 7) is 7.54. The van der Waals surface area contributed by atoms with E-state index in [0.29, 0.717) is 11.8 Å². The van der Waals surface area contributed by atoms with Crippen molar-refractivity contribution in [3.05, 3.63) is 29.8 Å². The summed E-state index contributed by atoms with van der Waals surface area (Å²) in [6.07, 6.45) is 2.43. The van der Waals surface area contributed by atoms with E-state index in [1.165, 1.54) is 12.8 Å². The number of hydrogen-bond donors (Lipinski definition) is 2. The molecule has 1 aromatic carbocycles. The molecule has 2 heteroatoms. The topological polar surface area (TPSA) is 32.3 Å². The van der Waals surface area contributed by atoms with Gasteiger partial charge in [-0.15, -0.1) is 0 Å². The third kappa shape index (κ3) is 3.86. The van der Waals surface area contributed by atoms with Gasteiger partial charge in [0.1, 0.15) is 5.75 Å². The normalized spacial score (nSPS) is 13.0. The zero-order chi connectivity index (χ0) is 12.0. The lowest BCUT2D eigenvalue weighted by Gasteiger charge is -2.22. The molecule has 1 unspecified atom stereocenters. The van der Waals surface area contributed by atoms with Gasteiger partial charge in [0.2, 0.25) is 0 Å². The molecule has 16 heavy (non-hydrogen) atoms. The van der Waals surface area contributed by atoms with E-state index in [4.69, 9.17) is 0 Å². The van der Waals surface area contributed by atoms with Crippen molar-refractivity contribution in [1.82, 2.24) is 5.32 Å². The average molecular weight is 221 g/mol. The molecule has 0 bridgehead atoms. The van der Waals surface area contributed by atoms with Crippen LogP contribution in [-0.4, -0.2) is 11.1 Å². The van der Waals surface area contributed by atoms with Crippen LogP contribution in [0.2, 0.25) is 0 Å². The lowest BCUT2D eigenvalue weighted by atomic mass is 9.95. The van der Waals surface area contributed by atoms with Gasteiger partial charge < -0.3 is 10.4 Å². The second-order valence-corrected chi connectivity index (χ2v) is 4.42. The Morgan fingerprint density at radius 2 is 1.94 bits per heavy atom. The highest BCUT2D eigenvalue weighted by molar-refractivity contribution is 5.26. The molecule has 0 saturated heterocycles. The molecule has 0 fully saturated rings. The maximum Gasteiger partial charge on any atom is 0.115 e. The Balaban J connectivity index is 2.45. The highest BCUT2D eigenvalue weighted by atomic mass is 16.3. The number of hydrogen-bond acceptors (Lipinski definition) is 2. The van der Waals surface area contributed by atoms with Crippen LogP contribution in [-0.2, 0) is 6.54 Å². The SMILES string of the molecule is CCC(CC)C(C)NCc1cccc(O)c1. The van der Waals surface area contributed by atoms with Gasteiger partial charge in [0, 0.05) is 12.6 Å². The quantitative estimate of drug-likeness (QED) is 0.772. The Labute approximate surface area is 98.7 Å². The molecule has 0 spiro atoms. The van der Waals surface area contributed by atoms with Gasteiger partial charge in [-0.2, -0.15) is 0 Å². The first-order chi connectivity index (χ1) is 7.67. The summed E-state index contributed by atoms with van der Waals surface area (Å²) < 4.78 is 0. The van der Waals surface area contributed by atoms with Crippen molar-refractivity contribution in [2.24, 2.45) is 5.92 Å². The fourth-order valence-electron chi connectivity index (χ4n) is 2.11. The van der Waals surface area contributed by atoms with Gasteiger partial charge in [-0.1, -0.05) is 38.8 Å². The molecule has 0 aliphatic heterocycles. The van der Waals surface area contributed by atoms with Gasteiger partial charge in [0.05, 0.1) is 0 Å². The summed E-state index contributed by atoms with van der Waals surface area (Å²) in [7, 11) is 0. The molecule has 0 aliphatic carbocycles. The van der Waals surface area contributed by atoms with Gasteiger partial charge in [-0.25, -0.2) is 0 Å². The standard InChI is InChI=1S/C14H23NO/c1-4-13(5-2)11(3)15-10-12-7-6-8-14(16)9-12/h6-9,11,13,15-16H,4-5,10H2,1-3H3. The van der Waals surface area contributed by atoms with Crippen molar-refractivity contribution >= 4 is 0 Å². The summed E-state index contributed by atoms with van der Waals surface area (Å²) in [6, 6.07) is 7.96. The Hall–Kier alpha value is -1.02. The van der Waals surface area contributed by atoms with E-state index in [2.05, 4.69) is 26.1 Å². The monoisotopic (exact) mass is 221 g/mol.